The van der Waals surface area contributed by atoms with E-state index in [1.165, 1.54) is 28.0 Å². The molecule has 0 radical (unpaired) electrons. The molecule has 5 nitrogen and oxygen atoms in total. The molecule has 3 heterocycles. The van der Waals surface area contributed by atoms with E-state index in [9.17, 15) is 4.79 Å². The van der Waals surface area contributed by atoms with Crippen LogP contribution >= 0.6 is 23.1 Å². The maximum absolute atomic E-state index is 12.9. The Labute approximate surface area is 166 Å². The first-order valence-corrected chi connectivity index (χ1v) is 11.0. The normalized spacial score (nSPS) is 11.7. The fraction of sp³-hybridized carbons (Fsp3) is 0.350. The molecule has 140 valence electrons. The molecule has 0 aliphatic rings. The van der Waals surface area contributed by atoms with Crippen LogP contribution in [0.5, 0.6) is 0 Å². The molecule has 4 rings (SSSR count). The lowest BCUT2D eigenvalue weighted by molar-refractivity contribution is 0.621. The molecule has 0 fully saturated rings. The van der Waals surface area contributed by atoms with Gasteiger partial charge in [-0.25, -0.2) is 0 Å². The minimum absolute atomic E-state index is 0.0411. The summed E-state index contributed by atoms with van der Waals surface area (Å²) in [4.78, 5) is 12.9. The second-order valence-electron chi connectivity index (χ2n) is 6.78. The second kappa shape index (κ2) is 7.48. The third-order valence-corrected chi connectivity index (χ3v) is 6.65. The Morgan fingerprint density at radius 3 is 2.85 bits per heavy atom. The van der Waals surface area contributed by atoms with Gasteiger partial charge >= 0.3 is 0 Å². The lowest BCUT2D eigenvalue weighted by atomic mass is 10.1. The molecular weight excluding hydrogens is 376 g/mol. The highest BCUT2D eigenvalue weighted by molar-refractivity contribution is 7.98. The zero-order valence-electron chi connectivity index (χ0n) is 15.7. The standard InChI is InChI=1S/C20H22N4OS2/c1-4-5-9-23-18(25)17-16(8-10-26-17)24-19(23)21-22-20(24)27-12-15-11-13(2)6-7-14(15)3/h6-8,10-11H,4-5,9,12H2,1-3H3. The largest absolute Gasteiger partial charge is 0.276 e. The molecular formula is C20H22N4OS2. The number of thioether (sulfide) groups is 1. The zero-order valence-corrected chi connectivity index (χ0v) is 17.4. The predicted molar refractivity (Wildman–Crippen MR) is 113 cm³/mol. The third-order valence-electron chi connectivity index (χ3n) is 4.78. The van der Waals surface area contributed by atoms with E-state index in [1.54, 1.807) is 16.3 Å². The maximum atomic E-state index is 12.9. The highest BCUT2D eigenvalue weighted by Gasteiger charge is 2.17. The van der Waals surface area contributed by atoms with Gasteiger partial charge in [-0.1, -0.05) is 48.9 Å². The molecule has 0 atom stereocenters. The Hall–Kier alpha value is -2.12. The average Bonchev–Trinajstić information content (AvgIpc) is 3.29. The zero-order chi connectivity index (χ0) is 19.0. The molecule has 4 aromatic rings. The Kier molecular flexibility index (Phi) is 5.06. The van der Waals surface area contributed by atoms with Gasteiger partial charge in [0.25, 0.3) is 5.56 Å². The van der Waals surface area contributed by atoms with Crippen LogP contribution < -0.4 is 5.56 Å². The number of fused-ring (bicyclic) bond motifs is 3. The number of hydrogen-bond donors (Lipinski definition) is 0. The van der Waals surface area contributed by atoms with Crippen LogP contribution in [0.2, 0.25) is 0 Å². The van der Waals surface area contributed by atoms with Crippen LogP contribution in [0, 0.1) is 13.8 Å². The maximum Gasteiger partial charge on any atom is 0.272 e. The number of rotatable bonds is 6. The summed E-state index contributed by atoms with van der Waals surface area (Å²) in [5.41, 5.74) is 4.79. The summed E-state index contributed by atoms with van der Waals surface area (Å²) in [6.07, 6.45) is 1.98. The van der Waals surface area contributed by atoms with Crippen molar-refractivity contribution in [3.8, 4) is 0 Å². The summed E-state index contributed by atoms with van der Waals surface area (Å²) in [6, 6.07) is 8.51. The second-order valence-corrected chi connectivity index (χ2v) is 8.64. The van der Waals surface area contributed by atoms with Crippen LogP contribution in [0.3, 0.4) is 0 Å². The number of hydrogen-bond acceptors (Lipinski definition) is 5. The number of aryl methyl sites for hydroxylation is 3. The first-order chi connectivity index (χ1) is 13.1. The van der Waals surface area contributed by atoms with Gasteiger partial charge < -0.3 is 0 Å². The van der Waals surface area contributed by atoms with E-state index in [0.29, 0.717) is 12.3 Å². The van der Waals surface area contributed by atoms with Crippen LogP contribution in [0.25, 0.3) is 16.0 Å². The third kappa shape index (κ3) is 3.30. The van der Waals surface area contributed by atoms with Crippen LogP contribution in [0.1, 0.15) is 36.5 Å². The van der Waals surface area contributed by atoms with Crippen LogP contribution in [-0.4, -0.2) is 19.2 Å². The molecule has 0 aliphatic carbocycles. The van der Waals surface area contributed by atoms with Gasteiger partial charge in [0.05, 0.1) is 5.52 Å². The first kappa shape index (κ1) is 18.3. The highest BCUT2D eigenvalue weighted by atomic mass is 32.2. The molecule has 0 amide bonds. The van der Waals surface area contributed by atoms with Gasteiger partial charge in [-0.15, -0.1) is 21.5 Å². The van der Waals surface area contributed by atoms with E-state index < -0.39 is 0 Å². The van der Waals surface area contributed by atoms with Crippen molar-refractivity contribution in [2.75, 3.05) is 0 Å². The van der Waals surface area contributed by atoms with Crippen molar-refractivity contribution in [2.24, 2.45) is 0 Å². The fourth-order valence-corrected chi connectivity index (χ4v) is 5.04. The minimum atomic E-state index is 0.0411. The Morgan fingerprint density at radius 2 is 2.04 bits per heavy atom. The summed E-state index contributed by atoms with van der Waals surface area (Å²) in [5.74, 6) is 1.47. The summed E-state index contributed by atoms with van der Waals surface area (Å²) in [6.45, 7) is 7.05. The van der Waals surface area contributed by atoms with E-state index in [-0.39, 0.29) is 5.56 Å². The Balaban J connectivity index is 1.79. The molecule has 1 aromatic carbocycles. The van der Waals surface area contributed by atoms with E-state index in [2.05, 4.69) is 49.2 Å². The smallest absolute Gasteiger partial charge is 0.272 e. The Morgan fingerprint density at radius 1 is 1.19 bits per heavy atom. The molecule has 7 heteroatoms. The van der Waals surface area contributed by atoms with Crippen LogP contribution in [-0.2, 0) is 12.3 Å². The quantitative estimate of drug-likeness (QED) is 0.437. The molecule has 0 saturated heterocycles. The van der Waals surface area contributed by atoms with Crippen molar-refractivity contribution in [2.45, 2.75) is 51.1 Å². The van der Waals surface area contributed by atoms with Crippen molar-refractivity contribution in [1.82, 2.24) is 19.2 Å². The van der Waals surface area contributed by atoms with Gasteiger partial charge in [0.1, 0.15) is 4.70 Å². The number of benzene rings is 1. The molecule has 0 spiro atoms. The van der Waals surface area contributed by atoms with Gasteiger partial charge in [-0.05, 0) is 42.8 Å². The van der Waals surface area contributed by atoms with E-state index in [0.717, 1.165) is 34.0 Å². The lowest BCUT2D eigenvalue weighted by Crippen LogP contribution is -2.22. The predicted octanol–water partition coefficient (Wildman–Crippen LogP) is 4.81. The van der Waals surface area contributed by atoms with Gasteiger partial charge in [-0.2, -0.15) is 0 Å². The van der Waals surface area contributed by atoms with Gasteiger partial charge in [0.2, 0.25) is 5.78 Å². The summed E-state index contributed by atoms with van der Waals surface area (Å²) in [7, 11) is 0. The molecule has 0 N–H and O–H groups in total. The van der Waals surface area contributed by atoms with Crippen LogP contribution in [0.4, 0.5) is 0 Å². The SMILES string of the molecule is CCCCn1c(=O)c2sccc2n2c(SCc3cc(C)ccc3C)nnc12. The topological polar surface area (TPSA) is 52.2 Å². The number of aromatic nitrogens is 4. The van der Waals surface area contributed by atoms with Crippen molar-refractivity contribution in [1.29, 1.82) is 0 Å². The first-order valence-electron chi connectivity index (χ1n) is 9.14. The van der Waals surface area contributed by atoms with Gasteiger partial charge in [0.15, 0.2) is 5.16 Å². The summed E-state index contributed by atoms with van der Waals surface area (Å²) >= 11 is 3.16. The molecule has 0 aliphatic heterocycles. The van der Waals surface area contributed by atoms with E-state index in [1.807, 2.05) is 15.8 Å². The van der Waals surface area contributed by atoms with E-state index in [4.69, 9.17) is 0 Å². The summed E-state index contributed by atoms with van der Waals surface area (Å²) < 4.78 is 4.59. The molecule has 3 aromatic heterocycles. The molecule has 27 heavy (non-hydrogen) atoms. The van der Waals surface area contributed by atoms with Crippen LogP contribution in [0.15, 0.2) is 39.6 Å². The Bertz CT molecular complexity index is 1170. The minimum Gasteiger partial charge on any atom is -0.276 e. The average molecular weight is 399 g/mol. The van der Waals surface area contributed by atoms with Crippen molar-refractivity contribution in [3.05, 3.63) is 56.7 Å². The number of thiophene rings is 1. The van der Waals surface area contributed by atoms with Crippen molar-refractivity contribution >= 4 is 39.1 Å². The van der Waals surface area contributed by atoms with E-state index >= 15 is 0 Å². The molecule has 0 saturated carbocycles. The summed E-state index contributed by atoms with van der Waals surface area (Å²) in [5, 5.41) is 11.6. The van der Waals surface area contributed by atoms with Gasteiger partial charge in [0, 0.05) is 12.3 Å². The van der Waals surface area contributed by atoms with Crippen molar-refractivity contribution in [3.63, 3.8) is 0 Å². The fourth-order valence-electron chi connectivity index (χ4n) is 3.21. The van der Waals surface area contributed by atoms with Crippen molar-refractivity contribution < 1.29 is 0 Å². The number of unbranched alkanes of at least 4 members (excludes halogenated alkanes) is 1. The monoisotopic (exact) mass is 398 g/mol. The van der Waals surface area contributed by atoms with Gasteiger partial charge in [-0.3, -0.25) is 13.8 Å². The molecule has 0 bridgehead atoms. The highest BCUT2D eigenvalue weighted by Crippen LogP contribution is 2.27. The number of nitrogens with zero attached hydrogens (tertiary/aromatic N) is 4. The lowest BCUT2D eigenvalue weighted by Gasteiger charge is -2.09. The molecule has 0 unspecified atom stereocenters.